The fourth-order valence-electron chi connectivity index (χ4n) is 2.71. The van der Waals surface area contributed by atoms with E-state index in [0.29, 0.717) is 6.54 Å². The van der Waals surface area contributed by atoms with Gasteiger partial charge in [-0.2, -0.15) is 13.9 Å². The molecule has 2 aromatic heterocycles. The lowest BCUT2D eigenvalue weighted by atomic mass is 10.2. The minimum atomic E-state index is -2.32. The second-order valence-corrected chi connectivity index (χ2v) is 7.11. The highest BCUT2D eigenvalue weighted by atomic mass is 19.2. The van der Waals surface area contributed by atoms with Crippen molar-refractivity contribution in [3.63, 3.8) is 0 Å². The van der Waals surface area contributed by atoms with Gasteiger partial charge in [-0.05, 0) is 32.9 Å². The summed E-state index contributed by atoms with van der Waals surface area (Å²) >= 11 is 0. The first kappa shape index (κ1) is 24.7. The Labute approximate surface area is 189 Å². The maximum Gasteiger partial charge on any atom is 0.361 e. The molecule has 0 atom stereocenters. The van der Waals surface area contributed by atoms with Gasteiger partial charge in [-0.1, -0.05) is 0 Å². The third-order valence-corrected chi connectivity index (χ3v) is 4.28. The second-order valence-electron chi connectivity index (χ2n) is 7.11. The third-order valence-electron chi connectivity index (χ3n) is 4.28. The van der Waals surface area contributed by atoms with Gasteiger partial charge < -0.3 is 19.2 Å². The summed E-state index contributed by atoms with van der Waals surface area (Å²) in [6, 6.07) is 2.38. The molecule has 3 rings (SSSR count). The molecule has 0 aliphatic rings. The number of rotatable bonds is 8. The summed E-state index contributed by atoms with van der Waals surface area (Å²) in [5.74, 6) is -14.4. The number of anilines is 1. The predicted octanol–water partition coefficient (Wildman–Crippen LogP) is 4.59. The van der Waals surface area contributed by atoms with E-state index in [1.807, 2.05) is 0 Å². The van der Waals surface area contributed by atoms with Gasteiger partial charge in [-0.15, -0.1) is 0 Å². The van der Waals surface area contributed by atoms with Crippen molar-refractivity contribution in [1.29, 1.82) is 0 Å². The number of hydrogen-bond acceptors (Lipinski definition) is 6. The molecule has 3 aromatic rings. The van der Waals surface area contributed by atoms with Crippen LogP contribution >= 0.6 is 0 Å². The lowest BCUT2D eigenvalue weighted by molar-refractivity contribution is 0.0371. The molecule has 8 nitrogen and oxygen atoms in total. The number of esters is 1. The first-order valence-corrected chi connectivity index (χ1v) is 9.86. The number of ether oxygens (including phenoxy) is 2. The molecule has 0 unspecified atom stereocenters. The number of carbonyl (C=O) groups is 2. The largest absolute Gasteiger partial charge is 0.479 e. The number of furan rings is 1. The molecular formula is C21H18F5N3O5. The maximum absolute atomic E-state index is 13.7. The zero-order valence-corrected chi connectivity index (χ0v) is 18.0. The molecule has 0 aliphatic heterocycles. The topological polar surface area (TPSA) is 95.6 Å². The number of benzene rings is 1. The minimum Gasteiger partial charge on any atom is -0.479 e. The van der Waals surface area contributed by atoms with Gasteiger partial charge in [-0.25, -0.2) is 18.0 Å². The van der Waals surface area contributed by atoms with Gasteiger partial charge in [0.25, 0.3) is 5.91 Å². The van der Waals surface area contributed by atoms with E-state index >= 15 is 0 Å². The van der Waals surface area contributed by atoms with Gasteiger partial charge in [-0.3, -0.25) is 9.48 Å². The molecule has 1 aromatic carbocycles. The standard InChI is InChI=1S/C21H18F5N3O5/c1-4-29-7-11(18(28-29)21(31)33-9(2)3)27-20(30)12-6-5-10(34-12)8-32-19-16(25)14(23)13(22)15(24)17(19)26/h5-7,9H,4,8H2,1-3H3,(H,27,30). The molecule has 0 saturated carbocycles. The first-order chi connectivity index (χ1) is 16.0. The summed E-state index contributed by atoms with van der Waals surface area (Å²) in [4.78, 5) is 24.8. The predicted molar refractivity (Wildman–Crippen MR) is 106 cm³/mol. The third kappa shape index (κ3) is 5.02. The molecule has 13 heteroatoms. The molecular weight excluding hydrogens is 469 g/mol. The Morgan fingerprint density at radius 1 is 1.06 bits per heavy atom. The molecule has 34 heavy (non-hydrogen) atoms. The Balaban J connectivity index is 1.74. The smallest absolute Gasteiger partial charge is 0.361 e. The van der Waals surface area contributed by atoms with Crippen LogP contribution in [0.3, 0.4) is 0 Å². The number of carbonyl (C=O) groups excluding carboxylic acids is 2. The Kier molecular flexibility index (Phi) is 7.23. The monoisotopic (exact) mass is 487 g/mol. The van der Waals surface area contributed by atoms with Gasteiger partial charge in [0.05, 0.1) is 11.8 Å². The van der Waals surface area contributed by atoms with Gasteiger partial charge >= 0.3 is 5.97 Å². The number of amides is 1. The minimum absolute atomic E-state index is 0.0492. The van der Waals surface area contributed by atoms with Crippen molar-refractivity contribution < 1.29 is 45.4 Å². The van der Waals surface area contributed by atoms with E-state index in [0.717, 1.165) is 0 Å². The highest BCUT2D eigenvalue weighted by Crippen LogP contribution is 2.30. The molecule has 1 amide bonds. The molecule has 0 bridgehead atoms. The highest BCUT2D eigenvalue weighted by Gasteiger charge is 2.27. The number of nitrogens with one attached hydrogen (secondary N) is 1. The quantitative estimate of drug-likeness (QED) is 0.216. The summed E-state index contributed by atoms with van der Waals surface area (Å²) in [7, 11) is 0. The zero-order chi connectivity index (χ0) is 25.2. The van der Waals surface area contributed by atoms with Crippen LogP contribution in [0.25, 0.3) is 0 Å². The Hall–Kier alpha value is -3.90. The lowest BCUT2D eigenvalue weighted by Crippen LogP contribution is -2.17. The van der Waals surface area contributed by atoms with Crippen LogP contribution in [0, 0.1) is 29.1 Å². The van der Waals surface area contributed by atoms with Crippen LogP contribution in [0.15, 0.2) is 22.7 Å². The molecule has 0 aliphatic carbocycles. The van der Waals surface area contributed by atoms with Crippen LogP contribution < -0.4 is 10.1 Å². The van der Waals surface area contributed by atoms with Crippen molar-refractivity contribution in [3.05, 3.63) is 64.6 Å². The van der Waals surface area contributed by atoms with Crippen LogP contribution in [0.1, 0.15) is 47.6 Å². The van der Waals surface area contributed by atoms with E-state index in [1.165, 1.54) is 23.0 Å². The molecule has 0 saturated heterocycles. The number of aryl methyl sites for hydroxylation is 1. The average Bonchev–Trinajstić information content (AvgIpc) is 3.43. The van der Waals surface area contributed by atoms with Gasteiger partial charge in [0.1, 0.15) is 12.4 Å². The molecule has 182 valence electrons. The van der Waals surface area contributed by atoms with Gasteiger partial charge in [0.2, 0.25) is 29.1 Å². The fraction of sp³-hybridized carbons (Fsp3) is 0.286. The summed E-state index contributed by atoms with van der Waals surface area (Å²) in [5, 5.41) is 6.49. The molecule has 0 fully saturated rings. The lowest BCUT2D eigenvalue weighted by Gasteiger charge is -2.09. The van der Waals surface area contributed by atoms with Crippen molar-refractivity contribution in [1.82, 2.24) is 9.78 Å². The number of aromatic nitrogens is 2. The second kappa shape index (κ2) is 9.93. The van der Waals surface area contributed by atoms with Gasteiger partial charge in [0.15, 0.2) is 17.2 Å². The van der Waals surface area contributed by atoms with E-state index in [2.05, 4.69) is 10.4 Å². The van der Waals surface area contributed by atoms with Crippen LogP contribution in [0.5, 0.6) is 5.75 Å². The van der Waals surface area contributed by atoms with E-state index in [4.69, 9.17) is 13.9 Å². The molecule has 2 heterocycles. The number of halogens is 5. The summed E-state index contributed by atoms with van der Waals surface area (Å²) in [5.41, 5.74) is -0.0848. The summed E-state index contributed by atoms with van der Waals surface area (Å²) in [6.45, 7) is 4.71. The van der Waals surface area contributed by atoms with Gasteiger partial charge in [0, 0.05) is 12.7 Å². The van der Waals surface area contributed by atoms with E-state index < -0.39 is 59.4 Å². The molecule has 1 N–H and O–H groups in total. The number of nitrogens with zero attached hydrogens (tertiary/aromatic N) is 2. The van der Waals surface area contributed by atoms with Crippen LogP contribution in [-0.4, -0.2) is 27.8 Å². The Morgan fingerprint density at radius 2 is 1.68 bits per heavy atom. The van der Waals surface area contributed by atoms with E-state index in [1.54, 1.807) is 20.8 Å². The molecule has 0 spiro atoms. The van der Waals surface area contributed by atoms with Crippen LogP contribution in [0.4, 0.5) is 27.6 Å². The molecule has 0 radical (unpaired) electrons. The van der Waals surface area contributed by atoms with E-state index in [-0.39, 0.29) is 22.9 Å². The maximum atomic E-state index is 13.7. The first-order valence-electron chi connectivity index (χ1n) is 9.86. The van der Waals surface area contributed by atoms with E-state index in [9.17, 15) is 31.5 Å². The van der Waals surface area contributed by atoms with Crippen LogP contribution in [-0.2, 0) is 17.9 Å². The summed E-state index contributed by atoms with van der Waals surface area (Å²) in [6.07, 6.45) is 0.985. The normalized spacial score (nSPS) is 11.1. The number of hydrogen-bond donors (Lipinski definition) is 1. The van der Waals surface area contributed by atoms with Crippen LogP contribution in [0.2, 0.25) is 0 Å². The average molecular weight is 487 g/mol. The van der Waals surface area contributed by atoms with Crippen molar-refractivity contribution >= 4 is 17.6 Å². The fourth-order valence-corrected chi connectivity index (χ4v) is 2.71. The summed E-state index contributed by atoms with van der Waals surface area (Å²) < 4.78 is 83.5. The Bertz CT molecular complexity index is 1210. The van der Waals surface area contributed by atoms with Crippen molar-refractivity contribution in [2.75, 3.05) is 5.32 Å². The van der Waals surface area contributed by atoms with Crippen molar-refractivity contribution in [2.45, 2.75) is 40.0 Å². The van der Waals surface area contributed by atoms with Crippen molar-refractivity contribution in [3.8, 4) is 5.75 Å². The highest BCUT2D eigenvalue weighted by molar-refractivity contribution is 6.06. The SMILES string of the molecule is CCn1cc(NC(=O)c2ccc(COc3c(F)c(F)c(F)c(F)c3F)o2)c(C(=O)OC(C)C)n1. The Morgan fingerprint density at radius 3 is 2.26 bits per heavy atom. The van der Waals surface area contributed by atoms with Crippen molar-refractivity contribution in [2.24, 2.45) is 0 Å². The zero-order valence-electron chi connectivity index (χ0n) is 18.0.